The van der Waals surface area contributed by atoms with Gasteiger partial charge in [0.05, 0.1) is 28.6 Å². The van der Waals surface area contributed by atoms with Gasteiger partial charge < -0.3 is 10.0 Å². The topological polar surface area (TPSA) is 66.3 Å². The first-order valence-electron chi connectivity index (χ1n) is 8.24. The van der Waals surface area contributed by atoms with Crippen molar-refractivity contribution in [2.24, 2.45) is 0 Å². The van der Waals surface area contributed by atoms with Gasteiger partial charge in [-0.05, 0) is 42.7 Å². The summed E-state index contributed by atoms with van der Waals surface area (Å²) in [6, 6.07) is 13.0. The van der Waals surface area contributed by atoms with Crippen molar-refractivity contribution in [3.63, 3.8) is 0 Å². The maximum absolute atomic E-state index is 12.6. The fraction of sp³-hybridized carbons (Fsp3) is 0.150. The van der Waals surface area contributed by atoms with Crippen LogP contribution < -0.4 is 4.90 Å². The van der Waals surface area contributed by atoms with E-state index in [1.807, 2.05) is 36.4 Å². The number of phenolic OH excluding ortho intramolecular Hbond substituents is 1. The van der Waals surface area contributed by atoms with E-state index < -0.39 is 0 Å². The number of nitrogens with zero attached hydrogens (tertiary/aromatic N) is 3. The van der Waals surface area contributed by atoms with E-state index in [0.29, 0.717) is 17.9 Å². The number of anilines is 1. The predicted octanol–water partition coefficient (Wildman–Crippen LogP) is 3.33. The minimum absolute atomic E-state index is 0.143. The van der Waals surface area contributed by atoms with Crippen LogP contribution in [0.15, 0.2) is 54.7 Å². The number of carbonyl (C=O) groups excluding carboxylic acids is 1. The van der Waals surface area contributed by atoms with E-state index in [-0.39, 0.29) is 11.7 Å². The molecule has 0 radical (unpaired) electrons. The van der Waals surface area contributed by atoms with E-state index in [9.17, 15) is 9.90 Å². The molecule has 1 aliphatic rings. The number of aryl methyl sites for hydroxylation is 1. The molecule has 5 nitrogen and oxygen atoms in total. The monoisotopic (exact) mass is 331 g/mol. The van der Waals surface area contributed by atoms with Crippen LogP contribution in [0.4, 0.5) is 5.69 Å². The molecule has 0 saturated carbocycles. The summed E-state index contributed by atoms with van der Waals surface area (Å²) in [7, 11) is 0. The van der Waals surface area contributed by atoms with Crippen LogP contribution in [0, 0.1) is 0 Å². The lowest BCUT2D eigenvalue weighted by molar-refractivity contribution is -0.114. The van der Waals surface area contributed by atoms with Crippen LogP contribution in [-0.4, -0.2) is 27.5 Å². The van der Waals surface area contributed by atoms with Gasteiger partial charge in [0.15, 0.2) is 0 Å². The van der Waals surface area contributed by atoms with Gasteiger partial charge in [-0.3, -0.25) is 9.78 Å². The zero-order chi connectivity index (χ0) is 17.2. The maximum Gasteiger partial charge on any atom is 0.251 e. The van der Waals surface area contributed by atoms with Crippen LogP contribution in [0.25, 0.3) is 17.1 Å². The third kappa shape index (κ3) is 2.96. The molecular formula is C20H17N3O2. The lowest BCUT2D eigenvalue weighted by atomic mass is 10.0. The quantitative estimate of drug-likeness (QED) is 0.732. The first-order valence-corrected chi connectivity index (χ1v) is 8.24. The molecule has 0 spiro atoms. The van der Waals surface area contributed by atoms with Gasteiger partial charge in [0.2, 0.25) is 0 Å². The number of aromatic hydroxyl groups is 1. The summed E-state index contributed by atoms with van der Waals surface area (Å²) in [6.07, 6.45) is 6.54. The van der Waals surface area contributed by atoms with Gasteiger partial charge in [0.25, 0.3) is 5.91 Å². The first kappa shape index (κ1) is 15.3. The Bertz CT molecular complexity index is 982. The van der Waals surface area contributed by atoms with Crippen molar-refractivity contribution in [1.82, 2.24) is 9.97 Å². The second-order valence-electron chi connectivity index (χ2n) is 6.00. The van der Waals surface area contributed by atoms with Crippen molar-refractivity contribution in [3.8, 4) is 5.75 Å². The molecule has 0 unspecified atom stereocenters. The molecule has 0 atom stereocenters. The van der Waals surface area contributed by atoms with E-state index in [1.165, 1.54) is 6.08 Å². The van der Waals surface area contributed by atoms with Crippen molar-refractivity contribution >= 4 is 28.7 Å². The minimum Gasteiger partial charge on any atom is -0.506 e. The highest BCUT2D eigenvalue weighted by Gasteiger charge is 2.23. The van der Waals surface area contributed by atoms with Gasteiger partial charge in [-0.25, -0.2) is 4.98 Å². The molecule has 4 rings (SSSR count). The number of phenols is 1. The summed E-state index contributed by atoms with van der Waals surface area (Å²) < 4.78 is 0. The van der Waals surface area contributed by atoms with Crippen LogP contribution in [0.5, 0.6) is 5.75 Å². The molecule has 0 saturated heterocycles. The Morgan fingerprint density at radius 1 is 1.12 bits per heavy atom. The molecule has 1 amide bonds. The standard InChI is InChI=1S/C20H17N3O2/c24-18-9-3-5-14-6-4-12-23(20(14)18)19(25)11-10-15-13-21-16-7-1-2-8-17(16)22-15/h1-3,5,7-11,13,24H,4,6,12H2. The van der Waals surface area contributed by atoms with Crippen molar-refractivity contribution in [2.75, 3.05) is 11.4 Å². The highest BCUT2D eigenvalue weighted by molar-refractivity contribution is 6.05. The molecule has 3 aromatic rings. The van der Waals surface area contributed by atoms with Gasteiger partial charge in [-0.2, -0.15) is 0 Å². The van der Waals surface area contributed by atoms with E-state index >= 15 is 0 Å². The second-order valence-corrected chi connectivity index (χ2v) is 6.00. The molecule has 2 heterocycles. The average molecular weight is 331 g/mol. The number of benzene rings is 2. The fourth-order valence-electron chi connectivity index (χ4n) is 3.15. The van der Waals surface area contributed by atoms with Gasteiger partial charge in [-0.1, -0.05) is 24.3 Å². The van der Waals surface area contributed by atoms with E-state index in [1.54, 1.807) is 23.2 Å². The molecule has 124 valence electrons. The lowest BCUT2D eigenvalue weighted by Crippen LogP contribution is -2.34. The number of hydrogen-bond donors (Lipinski definition) is 1. The maximum atomic E-state index is 12.6. The van der Waals surface area contributed by atoms with Crippen molar-refractivity contribution in [3.05, 3.63) is 66.0 Å². The molecule has 2 aromatic carbocycles. The smallest absolute Gasteiger partial charge is 0.251 e. The predicted molar refractivity (Wildman–Crippen MR) is 97.4 cm³/mol. The number of para-hydroxylation sites is 3. The highest BCUT2D eigenvalue weighted by Crippen LogP contribution is 2.35. The first-order chi connectivity index (χ1) is 12.2. The molecule has 5 heteroatoms. The Labute approximate surface area is 145 Å². The van der Waals surface area contributed by atoms with Crippen LogP contribution in [0.3, 0.4) is 0 Å². The third-order valence-corrected chi connectivity index (χ3v) is 4.33. The summed E-state index contributed by atoms with van der Waals surface area (Å²) in [4.78, 5) is 23.1. The minimum atomic E-state index is -0.169. The Balaban J connectivity index is 1.61. The van der Waals surface area contributed by atoms with E-state index in [2.05, 4.69) is 9.97 Å². The summed E-state index contributed by atoms with van der Waals surface area (Å²) >= 11 is 0. The number of rotatable bonds is 2. The van der Waals surface area contributed by atoms with Gasteiger partial charge in [-0.15, -0.1) is 0 Å². The number of carbonyl (C=O) groups is 1. The number of aromatic nitrogens is 2. The Morgan fingerprint density at radius 2 is 1.96 bits per heavy atom. The molecule has 1 N–H and O–H groups in total. The van der Waals surface area contributed by atoms with Gasteiger partial charge >= 0.3 is 0 Å². The van der Waals surface area contributed by atoms with Crippen molar-refractivity contribution in [1.29, 1.82) is 0 Å². The largest absolute Gasteiger partial charge is 0.506 e. The van der Waals surface area contributed by atoms with Gasteiger partial charge in [0.1, 0.15) is 5.75 Å². The second kappa shape index (κ2) is 6.36. The number of fused-ring (bicyclic) bond motifs is 2. The fourth-order valence-corrected chi connectivity index (χ4v) is 3.15. The highest BCUT2D eigenvalue weighted by atomic mass is 16.3. The molecular weight excluding hydrogens is 314 g/mol. The van der Waals surface area contributed by atoms with Crippen LogP contribution in [-0.2, 0) is 11.2 Å². The lowest BCUT2D eigenvalue weighted by Gasteiger charge is -2.29. The summed E-state index contributed by atoms with van der Waals surface area (Å²) in [6.45, 7) is 0.594. The van der Waals surface area contributed by atoms with Crippen LogP contribution in [0.1, 0.15) is 17.7 Å². The zero-order valence-electron chi connectivity index (χ0n) is 13.6. The third-order valence-electron chi connectivity index (χ3n) is 4.33. The van der Waals surface area contributed by atoms with E-state index in [0.717, 1.165) is 29.4 Å². The Kier molecular flexibility index (Phi) is 3.90. The molecule has 1 aliphatic heterocycles. The van der Waals surface area contributed by atoms with Crippen molar-refractivity contribution in [2.45, 2.75) is 12.8 Å². The number of hydrogen-bond acceptors (Lipinski definition) is 4. The Hall–Kier alpha value is -3.21. The van der Waals surface area contributed by atoms with Crippen LogP contribution in [0.2, 0.25) is 0 Å². The van der Waals surface area contributed by atoms with E-state index in [4.69, 9.17) is 0 Å². The van der Waals surface area contributed by atoms with Crippen molar-refractivity contribution < 1.29 is 9.90 Å². The molecule has 1 aromatic heterocycles. The average Bonchev–Trinajstić information content (AvgIpc) is 2.66. The molecule has 0 fully saturated rings. The number of amides is 1. The summed E-state index contributed by atoms with van der Waals surface area (Å²) in [5, 5.41) is 10.1. The zero-order valence-corrected chi connectivity index (χ0v) is 13.6. The SMILES string of the molecule is O=C(C=Cc1cnc2ccccc2n1)N1CCCc2cccc(O)c21. The molecule has 25 heavy (non-hydrogen) atoms. The summed E-state index contributed by atoms with van der Waals surface area (Å²) in [5.41, 5.74) is 3.85. The molecule has 0 aliphatic carbocycles. The van der Waals surface area contributed by atoms with Gasteiger partial charge in [0, 0.05) is 12.6 Å². The summed E-state index contributed by atoms with van der Waals surface area (Å²) in [5.74, 6) is -0.0261. The Morgan fingerprint density at radius 3 is 2.84 bits per heavy atom. The normalized spacial score (nSPS) is 14.0. The van der Waals surface area contributed by atoms with Crippen LogP contribution >= 0.6 is 0 Å². The molecule has 0 bridgehead atoms.